The quantitative estimate of drug-likeness (QED) is 0.794. The van der Waals surface area contributed by atoms with Gasteiger partial charge in [0.2, 0.25) is 5.91 Å². The first kappa shape index (κ1) is 13.1. The van der Waals surface area contributed by atoms with Gasteiger partial charge in [-0.05, 0) is 24.6 Å². The number of rotatable bonds is 5. The Hall–Kier alpha value is -1.00. The average molecular weight is 238 g/mol. The van der Waals surface area contributed by atoms with E-state index in [0.717, 1.165) is 17.0 Å². The maximum absolute atomic E-state index is 11.6. The molecule has 0 bridgehead atoms. The maximum atomic E-state index is 11.6. The minimum absolute atomic E-state index is 0.158. The third-order valence-electron chi connectivity index (χ3n) is 2.40. The average Bonchev–Trinajstić information content (AvgIpc) is 2.35. The number of amides is 1. The Morgan fingerprint density at radius 1 is 1.50 bits per heavy atom. The fourth-order valence-electron chi connectivity index (χ4n) is 1.19. The summed E-state index contributed by atoms with van der Waals surface area (Å²) in [5.74, 6) is 0.642. The molecule has 0 aliphatic heterocycles. The second-order valence-corrected chi connectivity index (χ2v) is 4.60. The highest BCUT2D eigenvalue weighted by atomic mass is 32.2. The van der Waals surface area contributed by atoms with Crippen molar-refractivity contribution in [3.05, 3.63) is 29.8 Å². The fraction of sp³-hybridized carbons (Fsp3) is 0.417. The fourth-order valence-corrected chi connectivity index (χ4v) is 2.11. The lowest BCUT2D eigenvalue weighted by molar-refractivity contribution is -0.126. The largest absolute Gasteiger partial charge is 0.345 e. The molecule has 1 amide bonds. The molecule has 0 aliphatic rings. The van der Waals surface area contributed by atoms with Gasteiger partial charge in [-0.1, -0.05) is 12.1 Å². The first-order chi connectivity index (χ1) is 7.67. The number of thioether (sulfide) groups is 1. The molecule has 0 saturated carbocycles. The van der Waals surface area contributed by atoms with Crippen molar-refractivity contribution < 1.29 is 4.79 Å². The Kier molecular flexibility index (Phi) is 5.35. The van der Waals surface area contributed by atoms with Crippen molar-refractivity contribution >= 4 is 17.7 Å². The van der Waals surface area contributed by atoms with Crippen molar-refractivity contribution in [2.45, 2.75) is 18.4 Å². The van der Waals surface area contributed by atoms with Gasteiger partial charge < -0.3 is 10.6 Å². The zero-order valence-corrected chi connectivity index (χ0v) is 10.6. The van der Waals surface area contributed by atoms with Crippen LogP contribution in [0.15, 0.2) is 29.2 Å². The van der Waals surface area contributed by atoms with E-state index in [-0.39, 0.29) is 5.91 Å². The Balaban J connectivity index is 2.51. The monoisotopic (exact) mass is 238 g/mol. The maximum Gasteiger partial charge on any atom is 0.232 e. The van der Waals surface area contributed by atoms with Crippen LogP contribution in [0.3, 0.4) is 0 Å². The van der Waals surface area contributed by atoms with Gasteiger partial charge in [-0.15, -0.1) is 11.8 Å². The molecule has 88 valence electrons. The molecule has 0 radical (unpaired) electrons. The standard InChI is InChI=1S/C12H18N2OS/c1-3-14(2)12(15)9-16-11-6-4-5-10(7-11)8-13/h4-7H,3,8-9,13H2,1-2H3. The normalized spacial score (nSPS) is 10.2. The molecule has 16 heavy (non-hydrogen) atoms. The van der Waals surface area contributed by atoms with Gasteiger partial charge in [-0.25, -0.2) is 0 Å². The van der Waals surface area contributed by atoms with E-state index in [1.165, 1.54) is 0 Å². The molecule has 0 aromatic heterocycles. The number of carbonyl (C=O) groups is 1. The third kappa shape index (κ3) is 3.87. The lowest BCUT2D eigenvalue weighted by atomic mass is 10.2. The predicted molar refractivity (Wildman–Crippen MR) is 68.4 cm³/mol. The summed E-state index contributed by atoms with van der Waals surface area (Å²) in [6.07, 6.45) is 0. The molecule has 2 N–H and O–H groups in total. The van der Waals surface area contributed by atoms with Gasteiger partial charge in [0.05, 0.1) is 5.75 Å². The van der Waals surface area contributed by atoms with Gasteiger partial charge in [-0.3, -0.25) is 4.79 Å². The molecule has 3 nitrogen and oxygen atoms in total. The molecule has 1 aromatic rings. The summed E-state index contributed by atoms with van der Waals surface area (Å²) in [6.45, 7) is 3.26. The van der Waals surface area contributed by atoms with Crippen molar-refractivity contribution in [1.82, 2.24) is 4.90 Å². The summed E-state index contributed by atoms with van der Waals surface area (Å²) in [5.41, 5.74) is 6.66. The van der Waals surface area contributed by atoms with E-state index >= 15 is 0 Å². The van der Waals surface area contributed by atoms with E-state index in [1.807, 2.05) is 38.2 Å². The minimum atomic E-state index is 0.158. The molecule has 0 aliphatic carbocycles. The smallest absolute Gasteiger partial charge is 0.232 e. The van der Waals surface area contributed by atoms with Crippen LogP contribution in [0.25, 0.3) is 0 Å². The van der Waals surface area contributed by atoms with Crippen LogP contribution in [0.4, 0.5) is 0 Å². The summed E-state index contributed by atoms with van der Waals surface area (Å²) in [5, 5.41) is 0. The zero-order valence-electron chi connectivity index (χ0n) is 9.77. The van der Waals surface area contributed by atoms with Crippen molar-refractivity contribution in [1.29, 1.82) is 0 Å². The Morgan fingerprint density at radius 3 is 2.88 bits per heavy atom. The third-order valence-corrected chi connectivity index (χ3v) is 3.38. The van der Waals surface area contributed by atoms with Crippen LogP contribution in [0.5, 0.6) is 0 Å². The minimum Gasteiger partial charge on any atom is -0.345 e. The van der Waals surface area contributed by atoms with Crippen LogP contribution in [0.2, 0.25) is 0 Å². The molecule has 0 fully saturated rings. The number of carbonyl (C=O) groups excluding carboxylic acids is 1. The summed E-state index contributed by atoms with van der Waals surface area (Å²) >= 11 is 1.55. The molecule has 1 rings (SSSR count). The first-order valence-corrected chi connectivity index (χ1v) is 6.31. The Bertz CT molecular complexity index is 355. The van der Waals surface area contributed by atoms with Crippen LogP contribution in [-0.4, -0.2) is 30.2 Å². The Labute approximate surface area is 101 Å². The van der Waals surface area contributed by atoms with Crippen LogP contribution in [0, 0.1) is 0 Å². The van der Waals surface area contributed by atoms with Crippen molar-refractivity contribution in [3.8, 4) is 0 Å². The van der Waals surface area contributed by atoms with Gasteiger partial charge >= 0.3 is 0 Å². The zero-order chi connectivity index (χ0) is 12.0. The molecule has 0 atom stereocenters. The topological polar surface area (TPSA) is 46.3 Å². The highest BCUT2D eigenvalue weighted by molar-refractivity contribution is 8.00. The van der Waals surface area contributed by atoms with Crippen LogP contribution in [-0.2, 0) is 11.3 Å². The van der Waals surface area contributed by atoms with Gasteiger partial charge in [0, 0.05) is 25.0 Å². The summed E-state index contributed by atoms with van der Waals surface area (Å²) in [6, 6.07) is 8.00. The second-order valence-electron chi connectivity index (χ2n) is 3.55. The van der Waals surface area contributed by atoms with Crippen LogP contribution < -0.4 is 5.73 Å². The molecular formula is C12H18N2OS. The predicted octanol–water partition coefficient (Wildman–Crippen LogP) is 1.72. The van der Waals surface area contributed by atoms with Crippen LogP contribution in [0.1, 0.15) is 12.5 Å². The van der Waals surface area contributed by atoms with Crippen molar-refractivity contribution in [3.63, 3.8) is 0 Å². The highest BCUT2D eigenvalue weighted by Gasteiger charge is 2.06. The lowest BCUT2D eigenvalue weighted by Gasteiger charge is -2.13. The molecule has 0 spiro atoms. The van der Waals surface area contributed by atoms with Gasteiger partial charge in [0.25, 0.3) is 0 Å². The lowest BCUT2D eigenvalue weighted by Crippen LogP contribution is -2.27. The molecule has 0 saturated heterocycles. The Morgan fingerprint density at radius 2 is 2.25 bits per heavy atom. The number of nitrogens with two attached hydrogens (primary N) is 1. The van der Waals surface area contributed by atoms with E-state index in [1.54, 1.807) is 16.7 Å². The molecule has 4 heteroatoms. The van der Waals surface area contributed by atoms with E-state index in [4.69, 9.17) is 5.73 Å². The SMILES string of the molecule is CCN(C)C(=O)CSc1cccc(CN)c1. The molecule has 0 unspecified atom stereocenters. The van der Waals surface area contributed by atoms with E-state index in [0.29, 0.717) is 12.3 Å². The van der Waals surface area contributed by atoms with E-state index < -0.39 is 0 Å². The van der Waals surface area contributed by atoms with Gasteiger partial charge in [0.15, 0.2) is 0 Å². The van der Waals surface area contributed by atoms with Crippen molar-refractivity contribution in [2.75, 3.05) is 19.3 Å². The summed E-state index contributed by atoms with van der Waals surface area (Å²) < 4.78 is 0. The highest BCUT2D eigenvalue weighted by Crippen LogP contribution is 2.19. The van der Waals surface area contributed by atoms with Crippen LogP contribution >= 0.6 is 11.8 Å². The number of benzene rings is 1. The summed E-state index contributed by atoms with van der Waals surface area (Å²) in [7, 11) is 1.82. The van der Waals surface area contributed by atoms with E-state index in [9.17, 15) is 4.79 Å². The van der Waals surface area contributed by atoms with Crippen molar-refractivity contribution in [2.24, 2.45) is 5.73 Å². The molecular weight excluding hydrogens is 220 g/mol. The molecule has 1 aromatic carbocycles. The molecule has 0 heterocycles. The number of hydrogen-bond acceptors (Lipinski definition) is 3. The number of hydrogen-bond donors (Lipinski definition) is 1. The van der Waals surface area contributed by atoms with Gasteiger partial charge in [-0.2, -0.15) is 0 Å². The second kappa shape index (κ2) is 6.55. The summed E-state index contributed by atoms with van der Waals surface area (Å²) in [4.78, 5) is 14.4. The van der Waals surface area contributed by atoms with E-state index in [2.05, 4.69) is 0 Å². The first-order valence-electron chi connectivity index (χ1n) is 5.33. The number of nitrogens with zero attached hydrogens (tertiary/aromatic N) is 1. The van der Waals surface area contributed by atoms with Gasteiger partial charge in [0.1, 0.15) is 0 Å².